The van der Waals surface area contributed by atoms with Gasteiger partial charge in [0.1, 0.15) is 30.4 Å². The van der Waals surface area contributed by atoms with E-state index >= 15 is 0 Å². The Labute approximate surface area is 126 Å². The number of carbonyl (C=O) groups is 1. The summed E-state index contributed by atoms with van der Waals surface area (Å²) in [7, 11) is 0. The second kappa shape index (κ2) is 5.91. The van der Waals surface area contributed by atoms with E-state index in [0.29, 0.717) is 31.6 Å². The molecule has 5 nitrogen and oxygen atoms in total. The Morgan fingerprint density at radius 2 is 1.82 bits per heavy atom. The molecule has 2 aliphatic rings. The van der Waals surface area contributed by atoms with Crippen molar-refractivity contribution in [3.05, 3.63) is 29.3 Å². The molecular weight excluding hydrogens is 294 g/mol. The quantitative estimate of drug-likeness (QED) is 0.717. The van der Waals surface area contributed by atoms with E-state index in [1.807, 2.05) is 0 Å². The van der Waals surface area contributed by atoms with Crippen LogP contribution in [0.1, 0.15) is 24.3 Å². The van der Waals surface area contributed by atoms with Crippen LogP contribution in [-0.4, -0.2) is 42.0 Å². The zero-order chi connectivity index (χ0) is 15.9. The maximum absolute atomic E-state index is 14.3. The first-order valence-electron chi connectivity index (χ1n) is 7.31. The van der Waals surface area contributed by atoms with E-state index in [4.69, 9.17) is 0 Å². The summed E-state index contributed by atoms with van der Waals surface area (Å²) in [5.41, 5.74) is 0.234. The lowest BCUT2D eigenvalue weighted by Gasteiger charge is -2.38. The molecule has 3 unspecified atom stereocenters. The summed E-state index contributed by atoms with van der Waals surface area (Å²) >= 11 is 0. The van der Waals surface area contributed by atoms with Crippen LogP contribution in [0, 0.1) is 17.6 Å². The highest BCUT2D eigenvalue weighted by molar-refractivity contribution is 5.63. The van der Waals surface area contributed by atoms with Crippen molar-refractivity contribution < 1.29 is 23.8 Å². The van der Waals surface area contributed by atoms with E-state index in [9.17, 15) is 23.8 Å². The minimum absolute atomic E-state index is 0.0864. The normalized spacial score (nSPS) is 29.3. The largest absolute Gasteiger partial charge is 0.379 e. The van der Waals surface area contributed by atoms with Crippen molar-refractivity contribution in [2.24, 2.45) is 5.92 Å². The van der Waals surface area contributed by atoms with E-state index in [-0.39, 0.29) is 11.5 Å². The van der Waals surface area contributed by atoms with Crippen molar-refractivity contribution in [2.75, 3.05) is 18.0 Å². The average Bonchev–Trinajstić information content (AvgIpc) is 2.39. The predicted octanol–water partition coefficient (Wildman–Crippen LogP) is 0.704. The van der Waals surface area contributed by atoms with Gasteiger partial charge in [-0.05, 0) is 25.0 Å². The molecule has 0 aliphatic carbocycles. The van der Waals surface area contributed by atoms with Gasteiger partial charge in [0.25, 0.3) is 0 Å². The van der Waals surface area contributed by atoms with Gasteiger partial charge in [0.2, 0.25) is 0 Å². The topological polar surface area (TPSA) is 72.8 Å². The van der Waals surface area contributed by atoms with Gasteiger partial charge in [-0.2, -0.15) is 0 Å². The van der Waals surface area contributed by atoms with Crippen molar-refractivity contribution in [1.82, 2.24) is 5.32 Å². The van der Waals surface area contributed by atoms with Crippen LogP contribution in [0.2, 0.25) is 0 Å². The molecule has 2 saturated heterocycles. The summed E-state index contributed by atoms with van der Waals surface area (Å²) in [4.78, 5) is 12.3. The summed E-state index contributed by atoms with van der Waals surface area (Å²) in [5.74, 6) is -2.26. The number of nitrogens with one attached hydrogen (secondary N) is 1. The first kappa shape index (κ1) is 15.3. The summed E-state index contributed by atoms with van der Waals surface area (Å²) in [6, 6.07) is 2.47. The first-order valence-corrected chi connectivity index (χ1v) is 7.31. The van der Waals surface area contributed by atoms with Crippen molar-refractivity contribution in [1.29, 1.82) is 0 Å². The molecular formula is C15H18F2N2O3. The molecule has 22 heavy (non-hydrogen) atoms. The van der Waals surface area contributed by atoms with Crippen LogP contribution in [0.5, 0.6) is 0 Å². The average molecular weight is 312 g/mol. The number of benzene rings is 1. The highest BCUT2D eigenvalue weighted by Gasteiger charge is 2.34. The highest BCUT2D eigenvalue weighted by Crippen LogP contribution is 2.35. The summed E-state index contributed by atoms with van der Waals surface area (Å²) in [5, 5.41) is 21.8. The Morgan fingerprint density at radius 3 is 2.36 bits per heavy atom. The standard InChI is InChI=1S/C15H18F2N2O3/c16-11-3-9(19-5-8(6-19)7-20)4-12(17)14(11)10-1-2-13(21)18-15(10)22/h3-4,7-8,10,13,15,18,21-22H,1-2,5-6H2. The van der Waals surface area contributed by atoms with Gasteiger partial charge < -0.3 is 19.9 Å². The summed E-state index contributed by atoms with van der Waals surface area (Å²) < 4.78 is 28.7. The number of aliphatic hydroxyl groups is 2. The molecule has 0 radical (unpaired) electrons. The molecule has 120 valence electrons. The molecule has 0 spiro atoms. The number of anilines is 1. The van der Waals surface area contributed by atoms with E-state index in [2.05, 4.69) is 5.32 Å². The maximum atomic E-state index is 14.3. The number of aldehydes is 1. The molecule has 3 N–H and O–H groups in total. The van der Waals surface area contributed by atoms with E-state index in [0.717, 1.165) is 6.29 Å². The van der Waals surface area contributed by atoms with Crippen LogP contribution in [0.25, 0.3) is 0 Å². The van der Waals surface area contributed by atoms with Gasteiger partial charge in [0.05, 0.1) is 0 Å². The highest BCUT2D eigenvalue weighted by atomic mass is 19.1. The molecule has 0 saturated carbocycles. The Kier molecular flexibility index (Phi) is 4.12. The number of nitrogens with zero attached hydrogens (tertiary/aromatic N) is 1. The lowest BCUT2D eigenvalue weighted by Crippen LogP contribution is -2.48. The number of hydrogen-bond donors (Lipinski definition) is 3. The molecule has 1 aromatic rings. The molecule has 0 aromatic heterocycles. The Hall–Kier alpha value is -1.57. The Balaban J connectivity index is 1.83. The zero-order valence-electron chi connectivity index (χ0n) is 11.9. The van der Waals surface area contributed by atoms with Gasteiger partial charge in [-0.3, -0.25) is 5.32 Å². The maximum Gasteiger partial charge on any atom is 0.131 e. The monoisotopic (exact) mass is 312 g/mol. The molecule has 7 heteroatoms. The van der Waals surface area contributed by atoms with Crippen LogP contribution in [0.4, 0.5) is 14.5 Å². The van der Waals surface area contributed by atoms with Gasteiger partial charge in [0.15, 0.2) is 0 Å². The molecule has 3 rings (SSSR count). The molecule has 1 aromatic carbocycles. The molecule has 2 heterocycles. The van der Waals surface area contributed by atoms with Crippen molar-refractivity contribution >= 4 is 12.0 Å². The van der Waals surface area contributed by atoms with Crippen LogP contribution in [0.15, 0.2) is 12.1 Å². The van der Waals surface area contributed by atoms with Crippen LogP contribution >= 0.6 is 0 Å². The fraction of sp³-hybridized carbons (Fsp3) is 0.533. The number of piperidine rings is 1. The van der Waals surface area contributed by atoms with E-state index in [1.54, 1.807) is 4.90 Å². The fourth-order valence-corrected chi connectivity index (χ4v) is 3.11. The van der Waals surface area contributed by atoms with Gasteiger partial charge in [-0.15, -0.1) is 0 Å². The summed E-state index contributed by atoms with van der Waals surface area (Å²) in [6.45, 7) is 0.920. The van der Waals surface area contributed by atoms with Gasteiger partial charge in [0, 0.05) is 36.2 Å². The first-order chi connectivity index (χ1) is 10.5. The minimum atomic E-state index is -1.19. The van der Waals surface area contributed by atoms with Crippen molar-refractivity contribution in [3.8, 4) is 0 Å². The van der Waals surface area contributed by atoms with Crippen LogP contribution < -0.4 is 10.2 Å². The number of halogens is 2. The van der Waals surface area contributed by atoms with Gasteiger partial charge >= 0.3 is 0 Å². The molecule has 2 aliphatic heterocycles. The smallest absolute Gasteiger partial charge is 0.131 e. The van der Waals surface area contributed by atoms with Crippen molar-refractivity contribution in [3.63, 3.8) is 0 Å². The second-order valence-electron chi connectivity index (χ2n) is 5.94. The number of carbonyl (C=O) groups excluding carboxylic acids is 1. The molecule has 0 amide bonds. The number of hydrogen-bond acceptors (Lipinski definition) is 5. The summed E-state index contributed by atoms with van der Waals surface area (Å²) in [6.07, 6.45) is -0.609. The van der Waals surface area contributed by atoms with Crippen molar-refractivity contribution in [2.45, 2.75) is 31.2 Å². The number of aliphatic hydroxyl groups excluding tert-OH is 2. The van der Waals surface area contributed by atoms with Gasteiger partial charge in [-0.25, -0.2) is 8.78 Å². The fourth-order valence-electron chi connectivity index (χ4n) is 3.11. The van der Waals surface area contributed by atoms with Crippen LogP contribution in [0.3, 0.4) is 0 Å². The van der Waals surface area contributed by atoms with E-state index in [1.165, 1.54) is 12.1 Å². The minimum Gasteiger partial charge on any atom is -0.379 e. The Morgan fingerprint density at radius 1 is 1.18 bits per heavy atom. The lowest BCUT2D eigenvalue weighted by molar-refractivity contribution is -0.111. The number of rotatable bonds is 3. The lowest BCUT2D eigenvalue weighted by atomic mass is 9.88. The third-order valence-corrected chi connectivity index (χ3v) is 4.40. The molecule has 0 bridgehead atoms. The third kappa shape index (κ3) is 2.71. The SMILES string of the molecule is O=CC1CN(c2cc(F)c(C3CCC(O)NC3O)c(F)c2)C1. The van der Waals surface area contributed by atoms with E-state index < -0.39 is 30.0 Å². The van der Waals surface area contributed by atoms with Crippen LogP contribution in [-0.2, 0) is 4.79 Å². The molecule has 3 atom stereocenters. The third-order valence-electron chi connectivity index (χ3n) is 4.40. The Bertz CT molecular complexity index is 555. The second-order valence-corrected chi connectivity index (χ2v) is 5.94. The predicted molar refractivity (Wildman–Crippen MR) is 75.2 cm³/mol. The van der Waals surface area contributed by atoms with Gasteiger partial charge in [-0.1, -0.05) is 0 Å². The zero-order valence-corrected chi connectivity index (χ0v) is 11.9. The molecule has 2 fully saturated rings.